The molecule has 1 saturated heterocycles. The number of ether oxygens (including phenoxy) is 1. The van der Waals surface area contributed by atoms with Gasteiger partial charge in [-0.2, -0.15) is 14.7 Å². The molecule has 27 heavy (non-hydrogen) atoms. The zero-order valence-corrected chi connectivity index (χ0v) is 16.4. The van der Waals surface area contributed by atoms with Gasteiger partial charge >= 0.3 is 0 Å². The lowest BCUT2D eigenvalue weighted by Crippen LogP contribution is -2.50. The van der Waals surface area contributed by atoms with Crippen LogP contribution in [-0.2, 0) is 21.8 Å². The van der Waals surface area contributed by atoms with Crippen molar-refractivity contribution in [2.75, 3.05) is 33.8 Å². The SMILES string of the molecule is CN(C)C[C@@H]1OCCN(S(=O)(=O)c2cccc(C#N)c2)[C@H]1c1cnn(C)c1. The van der Waals surface area contributed by atoms with E-state index in [2.05, 4.69) is 5.10 Å². The van der Waals surface area contributed by atoms with E-state index in [0.29, 0.717) is 18.7 Å². The van der Waals surface area contributed by atoms with Crippen molar-refractivity contribution in [2.24, 2.45) is 7.05 Å². The Labute approximate surface area is 159 Å². The highest BCUT2D eigenvalue weighted by molar-refractivity contribution is 7.89. The van der Waals surface area contributed by atoms with Crippen LogP contribution < -0.4 is 0 Å². The zero-order valence-electron chi connectivity index (χ0n) is 15.6. The fraction of sp³-hybridized carbons (Fsp3) is 0.444. The molecular weight excluding hydrogens is 366 g/mol. The van der Waals surface area contributed by atoms with E-state index in [-0.39, 0.29) is 17.5 Å². The summed E-state index contributed by atoms with van der Waals surface area (Å²) in [7, 11) is 1.84. The van der Waals surface area contributed by atoms with Crippen molar-refractivity contribution in [1.29, 1.82) is 5.26 Å². The summed E-state index contributed by atoms with van der Waals surface area (Å²) < 4.78 is 35.8. The fourth-order valence-electron chi connectivity index (χ4n) is 3.33. The summed E-state index contributed by atoms with van der Waals surface area (Å²) >= 11 is 0. The van der Waals surface area contributed by atoms with E-state index in [1.165, 1.54) is 16.4 Å². The zero-order chi connectivity index (χ0) is 19.6. The monoisotopic (exact) mass is 389 g/mol. The van der Waals surface area contributed by atoms with Gasteiger partial charge in [0.05, 0.1) is 41.5 Å². The van der Waals surface area contributed by atoms with Crippen LogP contribution in [0.25, 0.3) is 0 Å². The maximum atomic E-state index is 13.4. The average molecular weight is 389 g/mol. The molecule has 0 saturated carbocycles. The average Bonchev–Trinajstić information content (AvgIpc) is 3.07. The molecule has 0 N–H and O–H groups in total. The van der Waals surface area contributed by atoms with Gasteiger partial charge in [0.25, 0.3) is 0 Å². The molecule has 0 aliphatic carbocycles. The first-order chi connectivity index (χ1) is 12.8. The van der Waals surface area contributed by atoms with E-state index in [1.807, 2.05) is 31.3 Å². The van der Waals surface area contributed by atoms with E-state index in [9.17, 15) is 8.42 Å². The normalized spacial score (nSPS) is 21.3. The number of hydrogen-bond donors (Lipinski definition) is 0. The van der Waals surface area contributed by atoms with Gasteiger partial charge in [0.2, 0.25) is 10.0 Å². The smallest absolute Gasteiger partial charge is 0.243 e. The van der Waals surface area contributed by atoms with Crippen LogP contribution in [0.3, 0.4) is 0 Å². The Balaban J connectivity index is 2.05. The van der Waals surface area contributed by atoms with Crippen molar-refractivity contribution >= 4 is 10.0 Å². The third kappa shape index (κ3) is 4.04. The molecule has 1 aromatic heterocycles. The number of sulfonamides is 1. The third-order valence-corrected chi connectivity index (χ3v) is 6.36. The van der Waals surface area contributed by atoms with Gasteiger partial charge < -0.3 is 9.64 Å². The molecule has 0 spiro atoms. The summed E-state index contributed by atoms with van der Waals surface area (Å²) in [5, 5.41) is 13.3. The molecule has 0 unspecified atom stereocenters. The number of aromatic nitrogens is 2. The molecule has 2 atom stereocenters. The van der Waals surface area contributed by atoms with Crippen LogP contribution in [0.4, 0.5) is 0 Å². The van der Waals surface area contributed by atoms with Crippen molar-refractivity contribution in [3.05, 3.63) is 47.8 Å². The predicted octanol–water partition coefficient (Wildman–Crippen LogP) is 0.984. The molecule has 3 rings (SSSR count). The first-order valence-corrected chi connectivity index (χ1v) is 10.0. The van der Waals surface area contributed by atoms with E-state index in [0.717, 1.165) is 5.56 Å². The number of benzene rings is 1. The summed E-state index contributed by atoms with van der Waals surface area (Å²) in [6.07, 6.45) is 3.17. The first kappa shape index (κ1) is 19.5. The number of morpholine rings is 1. The minimum atomic E-state index is -3.80. The quantitative estimate of drug-likeness (QED) is 0.757. The Morgan fingerprint density at radius 3 is 2.81 bits per heavy atom. The Morgan fingerprint density at radius 1 is 1.41 bits per heavy atom. The van der Waals surface area contributed by atoms with Crippen LogP contribution in [0, 0.1) is 11.3 Å². The van der Waals surface area contributed by atoms with Gasteiger partial charge in [-0.1, -0.05) is 6.07 Å². The Morgan fingerprint density at radius 2 is 2.19 bits per heavy atom. The Kier molecular flexibility index (Phi) is 5.62. The molecule has 2 heterocycles. The summed E-state index contributed by atoms with van der Waals surface area (Å²) in [6.45, 7) is 1.12. The minimum absolute atomic E-state index is 0.112. The number of nitrogens with zero attached hydrogens (tertiary/aromatic N) is 5. The van der Waals surface area contributed by atoms with Gasteiger partial charge in [-0.15, -0.1) is 0 Å². The van der Waals surface area contributed by atoms with E-state index in [4.69, 9.17) is 10.00 Å². The second-order valence-electron chi connectivity index (χ2n) is 6.82. The summed E-state index contributed by atoms with van der Waals surface area (Å²) in [4.78, 5) is 2.08. The number of hydrogen-bond acceptors (Lipinski definition) is 6. The highest BCUT2D eigenvalue weighted by Gasteiger charge is 2.41. The number of nitriles is 1. The Bertz CT molecular complexity index is 948. The summed E-state index contributed by atoms with van der Waals surface area (Å²) in [6, 6.07) is 7.61. The van der Waals surface area contributed by atoms with Crippen LogP contribution in [0.1, 0.15) is 17.2 Å². The third-order valence-electron chi connectivity index (χ3n) is 4.49. The Hall–Kier alpha value is -2.25. The van der Waals surface area contributed by atoms with Crippen LogP contribution in [0.5, 0.6) is 0 Å². The standard InChI is InChI=1S/C18H23N5O3S/c1-21(2)13-17-18(15-11-20-22(3)12-15)23(7-8-26-17)27(24,25)16-6-4-5-14(9-16)10-19/h4-6,9,11-12,17-18H,7-8,13H2,1-3H3/t17-,18-/m0/s1. The number of rotatable bonds is 5. The van der Waals surface area contributed by atoms with Gasteiger partial charge in [-0.05, 0) is 32.3 Å². The van der Waals surface area contributed by atoms with E-state index < -0.39 is 16.1 Å². The van der Waals surface area contributed by atoms with Crippen molar-refractivity contribution in [3.8, 4) is 6.07 Å². The van der Waals surface area contributed by atoms with Gasteiger partial charge in [0.1, 0.15) is 0 Å². The first-order valence-electron chi connectivity index (χ1n) is 8.60. The number of aryl methyl sites for hydroxylation is 1. The highest BCUT2D eigenvalue weighted by Crippen LogP contribution is 2.34. The van der Waals surface area contributed by atoms with E-state index in [1.54, 1.807) is 30.1 Å². The lowest BCUT2D eigenvalue weighted by atomic mass is 10.0. The van der Waals surface area contributed by atoms with Gasteiger partial charge in [0.15, 0.2) is 0 Å². The molecule has 1 fully saturated rings. The lowest BCUT2D eigenvalue weighted by Gasteiger charge is -2.40. The molecule has 0 radical (unpaired) electrons. The minimum Gasteiger partial charge on any atom is -0.373 e. The summed E-state index contributed by atoms with van der Waals surface area (Å²) in [5.74, 6) is 0. The molecule has 0 amide bonds. The van der Waals surface area contributed by atoms with Gasteiger partial charge in [-0.3, -0.25) is 4.68 Å². The summed E-state index contributed by atoms with van der Waals surface area (Å²) in [5.41, 5.74) is 1.09. The molecule has 144 valence electrons. The van der Waals surface area contributed by atoms with Gasteiger partial charge in [0, 0.05) is 31.9 Å². The molecule has 0 bridgehead atoms. The van der Waals surface area contributed by atoms with Crippen LogP contribution >= 0.6 is 0 Å². The molecular formula is C18H23N5O3S. The topological polar surface area (TPSA) is 91.5 Å². The van der Waals surface area contributed by atoms with E-state index >= 15 is 0 Å². The van der Waals surface area contributed by atoms with Crippen molar-refractivity contribution in [3.63, 3.8) is 0 Å². The van der Waals surface area contributed by atoms with Crippen molar-refractivity contribution < 1.29 is 13.2 Å². The molecule has 9 heteroatoms. The second kappa shape index (κ2) is 7.78. The van der Waals surface area contributed by atoms with Crippen LogP contribution in [-0.4, -0.2) is 67.3 Å². The fourth-order valence-corrected chi connectivity index (χ4v) is 5.00. The predicted molar refractivity (Wildman–Crippen MR) is 99.3 cm³/mol. The van der Waals surface area contributed by atoms with Crippen molar-refractivity contribution in [2.45, 2.75) is 17.0 Å². The van der Waals surface area contributed by atoms with Crippen LogP contribution in [0.2, 0.25) is 0 Å². The maximum Gasteiger partial charge on any atom is 0.243 e. The molecule has 8 nitrogen and oxygen atoms in total. The molecule has 1 aromatic carbocycles. The molecule has 1 aliphatic heterocycles. The lowest BCUT2D eigenvalue weighted by molar-refractivity contribution is -0.0514. The number of likely N-dealkylation sites (N-methyl/N-ethyl adjacent to an activating group) is 1. The largest absolute Gasteiger partial charge is 0.373 e. The maximum absolute atomic E-state index is 13.4. The van der Waals surface area contributed by atoms with Crippen LogP contribution in [0.15, 0.2) is 41.6 Å². The van der Waals surface area contributed by atoms with Crippen molar-refractivity contribution in [1.82, 2.24) is 19.0 Å². The molecule has 2 aromatic rings. The second-order valence-corrected chi connectivity index (χ2v) is 8.71. The van der Waals surface area contributed by atoms with Gasteiger partial charge in [-0.25, -0.2) is 8.42 Å². The highest BCUT2D eigenvalue weighted by atomic mass is 32.2. The molecule has 1 aliphatic rings.